The summed E-state index contributed by atoms with van der Waals surface area (Å²) in [5, 5.41) is 16.2. The summed E-state index contributed by atoms with van der Waals surface area (Å²) in [6.45, 7) is 2.19. The zero-order chi connectivity index (χ0) is 15.4. The lowest BCUT2D eigenvalue weighted by Crippen LogP contribution is -2.20. The van der Waals surface area contributed by atoms with Gasteiger partial charge in [-0.25, -0.2) is 4.68 Å². The Kier molecular flexibility index (Phi) is 4.24. The Labute approximate surface area is 129 Å². The normalized spacial score (nSPS) is 11.2. The minimum absolute atomic E-state index is 0.684. The SMILES string of the molecule is CN(Cc1cnn(C)c1)Cc1nnnn1Cc1ccccc1. The predicted molar refractivity (Wildman–Crippen MR) is 81.7 cm³/mol. The van der Waals surface area contributed by atoms with E-state index >= 15 is 0 Å². The Morgan fingerprint density at radius 2 is 1.91 bits per heavy atom. The number of tetrazole rings is 1. The molecule has 0 spiro atoms. The fraction of sp³-hybridized carbons (Fsp3) is 0.333. The summed E-state index contributed by atoms with van der Waals surface area (Å²) in [6, 6.07) is 10.2. The summed E-state index contributed by atoms with van der Waals surface area (Å²) in [5.41, 5.74) is 2.36. The molecule has 3 aromatic rings. The lowest BCUT2D eigenvalue weighted by atomic mass is 10.2. The van der Waals surface area contributed by atoms with Crippen molar-refractivity contribution in [2.45, 2.75) is 19.6 Å². The number of nitrogens with zero attached hydrogens (tertiary/aromatic N) is 7. The van der Waals surface area contributed by atoms with Gasteiger partial charge in [-0.3, -0.25) is 9.58 Å². The van der Waals surface area contributed by atoms with Crippen LogP contribution < -0.4 is 0 Å². The molecule has 0 unspecified atom stereocenters. The fourth-order valence-electron chi connectivity index (χ4n) is 2.38. The monoisotopic (exact) mass is 297 g/mol. The zero-order valence-corrected chi connectivity index (χ0v) is 12.8. The van der Waals surface area contributed by atoms with Crippen LogP contribution in [0.5, 0.6) is 0 Å². The average Bonchev–Trinajstić information content (AvgIpc) is 3.10. The van der Waals surface area contributed by atoms with Crippen LogP contribution in [0.1, 0.15) is 17.0 Å². The minimum Gasteiger partial charge on any atom is -0.295 e. The van der Waals surface area contributed by atoms with Crippen molar-refractivity contribution in [1.29, 1.82) is 0 Å². The standard InChI is InChI=1S/C15H19N7/c1-20(9-14-8-16-21(2)10-14)12-15-17-18-19-22(15)11-13-6-4-3-5-7-13/h3-8,10H,9,11-12H2,1-2H3. The molecule has 7 nitrogen and oxygen atoms in total. The van der Waals surface area contributed by atoms with E-state index in [-0.39, 0.29) is 0 Å². The van der Waals surface area contributed by atoms with Crippen molar-refractivity contribution in [2.24, 2.45) is 7.05 Å². The van der Waals surface area contributed by atoms with E-state index < -0.39 is 0 Å². The molecule has 0 N–H and O–H groups in total. The molecular weight excluding hydrogens is 278 g/mol. The zero-order valence-electron chi connectivity index (χ0n) is 12.8. The molecular formula is C15H19N7. The van der Waals surface area contributed by atoms with Crippen molar-refractivity contribution in [3.63, 3.8) is 0 Å². The van der Waals surface area contributed by atoms with Crippen molar-refractivity contribution in [3.05, 3.63) is 59.7 Å². The van der Waals surface area contributed by atoms with Crippen LogP contribution in [0.15, 0.2) is 42.7 Å². The largest absolute Gasteiger partial charge is 0.295 e. The van der Waals surface area contributed by atoms with Crippen LogP contribution >= 0.6 is 0 Å². The van der Waals surface area contributed by atoms with Crippen molar-refractivity contribution in [2.75, 3.05) is 7.05 Å². The average molecular weight is 297 g/mol. The Hall–Kier alpha value is -2.54. The number of hydrogen-bond acceptors (Lipinski definition) is 5. The van der Waals surface area contributed by atoms with Crippen LogP contribution in [0.4, 0.5) is 0 Å². The maximum atomic E-state index is 4.18. The quantitative estimate of drug-likeness (QED) is 0.681. The topological polar surface area (TPSA) is 64.7 Å². The lowest BCUT2D eigenvalue weighted by Gasteiger charge is -2.15. The molecule has 22 heavy (non-hydrogen) atoms. The maximum Gasteiger partial charge on any atom is 0.165 e. The Bertz CT molecular complexity index is 716. The van der Waals surface area contributed by atoms with E-state index in [1.165, 1.54) is 11.1 Å². The third kappa shape index (κ3) is 3.56. The summed E-state index contributed by atoms with van der Waals surface area (Å²) in [7, 11) is 3.97. The van der Waals surface area contributed by atoms with E-state index in [2.05, 4.69) is 44.7 Å². The Morgan fingerprint density at radius 1 is 1.09 bits per heavy atom. The number of aryl methyl sites for hydroxylation is 1. The molecule has 0 radical (unpaired) electrons. The summed E-state index contributed by atoms with van der Waals surface area (Å²) in [4.78, 5) is 2.17. The van der Waals surface area contributed by atoms with Crippen LogP contribution in [0, 0.1) is 0 Å². The molecule has 0 fully saturated rings. The number of aromatic nitrogens is 6. The van der Waals surface area contributed by atoms with E-state index in [0.717, 1.165) is 12.4 Å². The first-order chi connectivity index (χ1) is 10.7. The van der Waals surface area contributed by atoms with Gasteiger partial charge in [-0.1, -0.05) is 30.3 Å². The molecule has 0 aliphatic carbocycles. The first-order valence-corrected chi connectivity index (χ1v) is 7.16. The Morgan fingerprint density at radius 3 is 2.64 bits per heavy atom. The highest BCUT2D eigenvalue weighted by atomic mass is 15.5. The Balaban J connectivity index is 1.64. The van der Waals surface area contributed by atoms with Crippen LogP contribution in [0.25, 0.3) is 0 Å². The van der Waals surface area contributed by atoms with Crippen molar-refractivity contribution < 1.29 is 0 Å². The molecule has 0 aliphatic heterocycles. The van der Waals surface area contributed by atoms with Crippen LogP contribution in [0.2, 0.25) is 0 Å². The molecule has 0 aliphatic rings. The van der Waals surface area contributed by atoms with Crippen molar-refractivity contribution in [3.8, 4) is 0 Å². The minimum atomic E-state index is 0.684. The van der Waals surface area contributed by atoms with Gasteiger partial charge in [0.25, 0.3) is 0 Å². The first kappa shape index (κ1) is 14.4. The van der Waals surface area contributed by atoms with Gasteiger partial charge in [0.1, 0.15) is 0 Å². The van der Waals surface area contributed by atoms with Gasteiger partial charge >= 0.3 is 0 Å². The van der Waals surface area contributed by atoms with Gasteiger partial charge in [-0.15, -0.1) is 5.10 Å². The molecule has 1 aromatic carbocycles. The van der Waals surface area contributed by atoms with Gasteiger partial charge in [0.2, 0.25) is 0 Å². The van der Waals surface area contributed by atoms with E-state index in [1.54, 1.807) is 0 Å². The highest BCUT2D eigenvalue weighted by Crippen LogP contribution is 2.07. The number of hydrogen-bond donors (Lipinski definition) is 0. The molecule has 3 rings (SSSR count). The molecule has 0 saturated heterocycles. The van der Waals surface area contributed by atoms with E-state index in [9.17, 15) is 0 Å². The molecule has 0 bridgehead atoms. The van der Waals surface area contributed by atoms with Gasteiger partial charge in [-0.05, 0) is 23.0 Å². The van der Waals surface area contributed by atoms with Crippen molar-refractivity contribution in [1.82, 2.24) is 34.9 Å². The maximum absolute atomic E-state index is 4.18. The van der Waals surface area contributed by atoms with E-state index in [4.69, 9.17) is 0 Å². The molecule has 0 saturated carbocycles. The molecule has 0 atom stereocenters. The smallest absolute Gasteiger partial charge is 0.165 e. The third-order valence-corrected chi connectivity index (χ3v) is 3.40. The van der Waals surface area contributed by atoms with Gasteiger partial charge < -0.3 is 0 Å². The summed E-state index contributed by atoms with van der Waals surface area (Å²) < 4.78 is 3.65. The van der Waals surface area contributed by atoms with Crippen LogP contribution in [-0.2, 0) is 26.7 Å². The second-order valence-corrected chi connectivity index (χ2v) is 5.43. The molecule has 0 amide bonds. The fourth-order valence-corrected chi connectivity index (χ4v) is 2.38. The van der Waals surface area contributed by atoms with Crippen molar-refractivity contribution >= 4 is 0 Å². The summed E-state index contributed by atoms with van der Waals surface area (Å²) in [6.07, 6.45) is 3.90. The highest BCUT2D eigenvalue weighted by molar-refractivity contribution is 5.15. The third-order valence-electron chi connectivity index (χ3n) is 3.40. The second-order valence-electron chi connectivity index (χ2n) is 5.43. The molecule has 2 heterocycles. The van der Waals surface area contributed by atoms with Gasteiger partial charge in [0.15, 0.2) is 5.82 Å². The lowest BCUT2D eigenvalue weighted by molar-refractivity contribution is 0.303. The predicted octanol–water partition coefficient (Wildman–Crippen LogP) is 1.09. The molecule has 2 aromatic heterocycles. The van der Waals surface area contributed by atoms with Crippen LogP contribution in [0.3, 0.4) is 0 Å². The van der Waals surface area contributed by atoms with Gasteiger partial charge in [0.05, 0.1) is 19.3 Å². The molecule has 114 valence electrons. The first-order valence-electron chi connectivity index (χ1n) is 7.16. The second kappa shape index (κ2) is 6.48. The van der Waals surface area contributed by atoms with E-state index in [0.29, 0.717) is 13.1 Å². The van der Waals surface area contributed by atoms with Gasteiger partial charge in [-0.2, -0.15) is 5.10 Å². The highest BCUT2D eigenvalue weighted by Gasteiger charge is 2.10. The van der Waals surface area contributed by atoms with Crippen LogP contribution in [-0.4, -0.2) is 41.9 Å². The number of rotatable bonds is 6. The molecule has 7 heteroatoms. The summed E-state index contributed by atoms with van der Waals surface area (Å²) in [5.74, 6) is 0.857. The number of benzene rings is 1. The van der Waals surface area contributed by atoms with E-state index in [1.807, 2.05) is 47.0 Å². The van der Waals surface area contributed by atoms with Gasteiger partial charge in [0, 0.05) is 25.4 Å². The summed E-state index contributed by atoms with van der Waals surface area (Å²) >= 11 is 0.